The van der Waals surface area contributed by atoms with E-state index in [1.165, 1.54) is 10.4 Å². The predicted molar refractivity (Wildman–Crippen MR) is 138 cm³/mol. The number of para-hydroxylation sites is 1. The van der Waals surface area contributed by atoms with Crippen molar-refractivity contribution < 1.29 is 9.21 Å². The van der Waals surface area contributed by atoms with Crippen LogP contribution in [0.5, 0.6) is 0 Å². The molecule has 0 radical (unpaired) electrons. The number of aromatic nitrogens is 1. The van der Waals surface area contributed by atoms with Gasteiger partial charge in [0.15, 0.2) is 0 Å². The molecule has 6 heteroatoms. The maximum absolute atomic E-state index is 12.8. The van der Waals surface area contributed by atoms with E-state index in [0.717, 1.165) is 27.4 Å². The van der Waals surface area contributed by atoms with E-state index in [1.807, 2.05) is 56.4 Å². The molecule has 0 unspecified atom stereocenters. The van der Waals surface area contributed by atoms with Crippen molar-refractivity contribution in [3.63, 3.8) is 0 Å². The summed E-state index contributed by atoms with van der Waals surface area (Å²) in [6, 6.07) is 18.2. The average Bonchev–Trinajstić information content (AvgIpc) is 3.50. The highest BCUT2D eigenvalue weighted by Gasteiger charge is 2.20. The molecule has 1 atom stereocenters. The van der Waals surface area contributed by atoms with Gasteiger partial charge in [-0.2, -0.15) is 0 Å². The lowest BCUT2D eigenvalue weighted by atomic mass is 9.96. The van der Waals surface area contributed by atoms with Gasteiger partial charge in [0.05, 0.1) is 0 Å². The van der Waals surface area contributed by atoms with Crippen molar-refractivity contribution in [2.45, 2.75) is 32.6 Å². The molecule has 0 aliphatic heterocycles. The topological polar surface area (TPSA) is 75.1 Å². The van der Waals surface area contributed by atoms with Crippen molar-refractivity contribution >= 4 is 39.1 Å². The molecule has 34 heavy (non-hydrogen) atoms. The van der Waals surface area contributed by atoms with Gasteiger partial charge in [0.1, 0.15) is 5.58 Å². The fourth-order valence-electron chi connectivity index (χ4n) is 4.57. The fourth-order valence-corrected chi connectivity index (χ4v) is 5.41. The minimum Gasteiger partial charge on any atom is -0.423 e. The van der Waals surface area contributed by atoms with Gasteiger partial charge in [0, 0.05) is 51.8 Å². The minimum atomic E-state index is -0.362. The van der Waals surface area contributed by atoms with Gasteiger partial charge in [-0.05, 0) is 60.5 Å². The van der Waals surface area contributed by atoms with Crippen molar-refractivity contribution in [2.24, 2.45) is 0 Å². The van der Waals surface area contributed by atoms with E-state index < -0.39 is 0 Å². The van der Waals surface area contributed by atoms with Crippen LogP contribution in [-0.2, 0) is 11.2 Å². The van der Waals surface area contributed by atoms with Crippen LogP contribution in [0.25, 0.3) is 21.9 Å². The van der Waals surface area contributed by atoms with Crippen molar-refractivity contribution in [1.29, 1.82) is 0 Å². The summed E-state index contributed by atoms with van der Waals surface area (Å²) in [5, 5.41) is 7.23. The van der Waals surface area contributed by atoms with Crippen LogP contribution in [0.15, 0.2) is 75.4 Å². The standard InChI is InChI=1S/C28H26N2O3S/c1-17-9-10-19-18(2)20(28(32)33-25(19)14-17)11-12-27(31)30-16-23(26-8-5-13-34-26)22-15-29-24-7-4-3-6-21(22)24/h3-10,13-15,23,29H,11-12,16H2,1-2H3,(H,30,31)/t23-/m1/s1. The number of hydrogen-bond acceptors (Lipinski definition) is 4. The summed E-state index contributed by atoms with van der Waals surface area (Å²) in [5.74, 6) is -0.0278. The van der Waals surface area contributed by atoms with E-state index in [2.05, 4.69) is 33.9 Å². The molecule has 0 fully saturated rings. The normalized spacial score (nSPS) is 12.3. The molecule has 0 spiro atoms. The average molecular weight is 471 g/mol. The number of nitrogens with one attached hydrogen (secondary N) is 2. The first-order chi connectivity index (χ1) is 16.5. The van der Waals surface area contributed by atoms with Crippen LogP contribution >= 0.6 is 11.3 Å². The maximum Gasteiger partial charge on any atom is 0.339 e. The van der Waals surface area contributed by atoms with Crippen LogP contribution in [0, 0.1) is 13.8 Å². The molecule has 2 aromatic carbocycles. The van der Waals surface area contributed by atoms with Gasteiger partial charge in [0.25, 0.3) is 0 Å². The van der Waals surface area contributed by atoms with Crippen molar-refractivity contribution in [1.82, 2.24) is 10.3 Å². The van der Waals surface area contributed by atoms with E-state index in [9.17, 15) is 9.59 Å². The number of fused-ring (bicyclic) bond motifs is 2. The largest absolute Gasteiger partial charge is 0.423 e. The molecule has 0 saturated carbocycles. The quantitative estimate of drug-likeness (QED) is 0.294. The Balaban J connectivity index is 1.31. The van der Waals surface area contributed by atoms with E-state index in [4.69, 9.17) is 4.42 Å². The highest BCUT2D eigenvalue weighted by molar-refractivity contribution is 7.10. The number of rotatable bonds is 7. The Labute approximate surface area is 201 Å². The molecule has 3 heterocycles. The van der Waals surface area contributed by atoms with Crippen LogP contribution in [0.2, 0.25) is 0 Å². The minimum absolute atomic E-state index is 0.0517. The number of benzene rings is 2. The SMILES string of the molecule is Cc1ccc2c(C)c(CCC(=O)NC[C@@H](c3cccs3)c3c[nH]c4ccccc34)c(=O)oc2c1. The van der Waals surface area contributed by atoms with Gasteiger partial charge >= 0.3 is 5.63 Å². The third-order valence-electron chi connectivity index (χ3n) is 6.43. The van der Waals surface area contributed by atoms with Gasteiger partial charge in [-0.1, -0.05) is 36.4 Å². The molecule has 172 valence electrons. The number of carbonyl (C=O) groups is 1. The molecule has 1 amide bonds. The number of aryl methyl sites for hydroxylation is 2. The fraction of sp³-hybridized carbons (Fsp3) is 0.214. The van der Waals surface area contributed by atoms with Crippen LogP contribution in [0.4, 0.5) is 0 Å². The molecule has 0 aliphatic carbocycles. The summed E-state index contributed by atoms with van der Waals surface area (Å²) < 4.78 is 5.53. The van der Waals surface area contributed by atoms with Gasteiger partial charge in [-0.25, -0.2) is 4.79 Å². The van der Waals surface area contributed by atoms with Crippen molar-refractivity contribution in [3.8, 4) is 0 Å². The highest BCUT2D eigenvalue weighted by atomic mass is 32.1. The van der Waals surface area contributed by atoms with Crippen LogP contribution in [0.3, 0.4) is 0 Å². The molecular formula is C28H26N2O3S. The highest BCUT2D eigenvalue weighted by Crippen LogP contribution is 2.32. The summed E-state index contributed by atoms with van der Waals surface area (Å²) in [4.78, 5) is 29.9. The number of aromatic amines is 1. The molecular weight excluding hydrogens is 444 g/mol. The monoisotopic (exact) mass is 470 g/mol. The third-order valence-corrected chi connectivity index (χ3v) is 7.42. The zero-order chi connectivity index (χ0) is 23.7. The smallest absolute Gasteiger partial charge is 0.339 e. The zero-order valence-electron chi connectivity index (χ0n) is 19.2. The first-order valence-electron chi connectivity index (χ1n) is 11.4. The molecule has 0 aliphatic rings. The zero-order valence-corrected chi connectivity index (χ0v) is 20.0. The maximum atomic E-state index is 12.8. The number of thiophene rings is 1. The summed E-state index contributed by atoms with van der Waals surface area (Å²) in [7, 11) is 0. The lowest BCUT2D eigenvalue weighted by molar-refractivity contribution is -0.121. The summed E-state index contributed by atoms with van der Waals surface area (Å²) in [6.45, 7) is 4.38. The van der Waals surface area contributed by atoms with Crippen LogP contribution in [-0.4, -0.2) is 17.4 Å². The van der Waals surface area contributed by atoms with Gasteiger partial charge in [-0.3, -0.25) is 4.79 Å². The van der Waals surface area contributed by atoms with E-state index in [0.29, 0.717) is 24.1 Å². The Morgan fingerprint density at radius 3 is 2.76 bits per heavy atom. The predicted octanol–water partition coefficient (Wildman–Crippen LogP) is 5.83. The number of amides is 1. The number of carbonyl (C=O) groups excluding carboxylic acids is 1. The Hall–Kier alpha value is -3.64. The van der Waals surface area contributed by atoms with E-state index in [1.54, 1.807) is 11.3 Å². The molecule has 0 bridgehead atoms. The Bertz CT molecular complexity index is 1530. The molecule has 5 nitrogen and oxygen atoms in total. The van der Waals surface area contributed by atoms with Gasteiger partial charge in [-0.15, -0.1) is 11.3 Å². The summed E-state index contributed by atoms with van der Waals surface area (Å²) in [5.41, 5.74) is 4.97. The molecule has 5 rings (SSSR count). The third kappa shape index (κ3) is 4.29. The Kier molecular flexibility index (Phi) is 6.07. The first kappa shape index (κ1) is 22.2. The van der Waals surface area contributed by atoms with Crippen LogP contribution < -0.4 is 10.9 Å². The molecule has 5 aromatic rings. The molecule has 3 aromatic heterocycles. The second-order valence-corrected chi connectivity index (χ2v) is 9.63. The molecule has 2 N–H and O–H groups in total. The lowest BCUT2D eigenvalue weighted by Crippen LogP contribution is -2.29. The summed E-state index contributed by atoms with van der Waals surface area (Å²) in [6.07, 6.45) is 2.61. The summed E-state index contributed by atoms with van der Waals surface area (Å²) >= 11 is 1.69. The number of H-pyrrole nitrogens is 1. The lowest BCUT2D eigenvalue weighted by Gasteiger charge is -2.16. The van der Waals surface area contributed by atoms with E-state index >= 15 is 0 Å². The van der Waals surface area contributed by atoms with Gasteiger partial charge < -0.3 is 14.7 Å². The Morgan fingerprint density at radius 2 is 1.94 bits per heavy atom. The van der Waals surface area contributed by atoms with Crippen LogP contribution in [0.1, 0.15) is 39.5 Å². The van der Waals surface area contributed by atoms with E-state index in [-0.39, 0.29) is 23.9 Å². The van der Waals surface area contributed by atoms with Crippen molar-refractivity contribution in [3.05, 3.63) is 104 Å². The first-order valence-corrected chi connectivity index (χ1v) is 12.3. The second kappa shape index (κ2) is 9.31. The Morgan fingerprint density at radius 1 is 1.09 bits per heavy atom. The second-order valence-electron chi connectivity index (χ2n) is 8.65. The van der Waals surface area contributed by atoms with Gasteiger partial charge in [0.2, 0.25) is 5.91 Å². The number of hydrogen-bond donors (Lipinski definition) is 2. The molecule has 0 saturated heterocycles. The van der Waals surface area contributed by atoms with Crippen molar-refractivity contribution in [2.75, 3.05) is 6.54 Å².